The molecule has 1 aliphatic rings. The maximum absolute atomic E-state index is 12.4. The van der Waals surface area contributed by atoms with Gasteiger partial charge in [0.05, 0.1) is 25.7 Å². The molecule has 0 bridgehead atoms. The van der Waals surface area contributed by atoms with Crippen molar-refractivity contribution in [2.24, 2.45) is 17.3 Å². The zero-order chi connectivity index (χ0) is 19.3. The molecule has 0 spiro atoms. The molecule has 0 amide bonds. The molecule has 25 heavy (non-hydrogen) atoms. The standard InChI is InChI=1S/C18H30O6Si/c1-7-22-16(20)18(3,17(21)23-8-2)14-10-9-13(14)15(19)24-11-12-25(4,5)6/h9-10,13-14H,7-8,11-12H2,1-6H3/t13-,14+/m0/s1. The van der Waals surface area contributed by atoms with Crippen molar-refractivity contribution < 1.29 is 28.6 Å². The van der Waals surface area contributed by atoms with Crippen LogP contribution >= 0.6 is 0 Å². The third-order valence-electron chi connectivity index (χ3n) is 4.35. The van der Waals surface area contributed by atoms with Crippen LogP contribution in [-0.2, 0) is 28.6 Å². The molecule has 0 aromatic heterocycles. The first-order valence-electron chi connectivity index (χ1n) is 8.77. The highest BCUT2D eigenvalue weighted by Crippen LogP contribution is 2.43. The molecule has 0 saturated carbocycles. The summed E-state index contributed by atoms with van der Waals surface area (Å²) >= 11 is 0. The van der Waals surface area contributed by atoms with Gasteiger partial charge >= 0.3 is 17.9 Å². The summed E-state index contributed by atoms with van der Waals surface area (Å²) in [5.74, 6) is -3.03. The summed E-state index contributed by atoms with van der Waals surface area (Å²) in [6.45, 7) is 12.1. The molecule has 1 rings (SSSR count). The van der Waals surface area contributed by atoms with Gasteiger partial charge in [0, 0.05) is 14.0 Å². The first-order chi connectivity index (χ1) is 11.6. The Hall–Kier alpha value is -1.63. The van der Waals surface area contributed by atoms with E-state index in [1.165, 1.54) is 6.92 Å². The molecular weight excluding hydrogens is 340 g/mol. The quantitative estimate of drug-likeness (QED) is 0.204. The summed E-state index contributed by atoms with van der Waals surface area (Å²) in [6.07, 6.45) is 3.34. The van der Waals surface area contributed by atoms with Crippen LogP contribution in [0.5, 0.6) is 0 Å². The molecule has 7 heteroatoms. The van der Waals surface area contributed by atoms with Crippen molar-refractivity contribution in [1.82, 2.24) is 0 Å². The first-order valence-corrected chi connectivity index (χ1v) is 12.5. The topological polar surface area (TPSA) is 78.9 Å². The van der Waals surface area contributed by atoms with E-state index in [9.17, 15) is 14.4 Å². The second-order valence-electron chi connectivity index (χ2n) is 7.56. The van der Waals surface area contributed by atoms with E-state index >= 15 is 0 Å². The van der Waals surface area contributed by atoms with Gasteiger partial charge in [-0.2, -0.15) is 0 Å². The summed E-state index contributed by atoms with van der Waals surface area (Å²) in [7, 11) is -1.31. The van der Waals surface area contributed by atoms with E-state index < -0.39 is 43.2 Å². The van der Waals surface area contributed by atoms with E-state index in [-0.39, 0.29) is 13.2 Å². The molecule has 0 aromatic carbocycles. The van der Waals surface area contributed by atoms with E-state index in [0.717, 1.165) is 6.04 Å². The van der Waals surface area contributed by atoms with Crippen LogP contribution in [0, 0.1) is 17.3 Å². The fourth-order valence-corrected chi connectivity index (χ4v) is 3.30. The Morgan fingerprint density at radius 1 is 0.960 bits per heavy atom. The van der Waals surface area contributed by atoms with Gasteiger partial charge in [-0.25, -0.2) is 0 Å². The third-order valence-corrected chi connectivity index (χ3v) is 6.05. The van der Waals surface area contributed by atoms with E-state index in [1.54, 1.807) is 26.0 Å². The lowest BCUT2D eigenvalue weighted by atomic mass is 9.64. The van der Waals surface area contributed by atoms with Crippen molar-refractivity contribution in [2.45, 2.75) is 46.5 Å². The number of rotatable bonds is 9. The number of ether oxygens (including phenoxy) is 3. The molecule has 0 heterocycles. The molecule has 6 nitrogen and oxygen atoms in total. The molecule has 0 radical (unpaired) electrons. The molecule has 0 fully saturated rings. The van der Waals surface area contributed by atoms with E-state index in [1.807, 2.05) is 0 Å². The lowest BCUT2D eigenvalue weighted by Gasteiger charge is -2.38. The minimum absolute atomic E-state index is 0.148. The van der Waals surface area contributed by atoms with Crippen LogP contribution in [0.25, 0.3) is 0 Å². The van der Waals surface area contributed by atoms with Gasteiger partial charge in [0.15, 0.2) is 5.41 Å². The summed E-state index contributed by atoms with van der Waals surface area (Å²) < 4.78 is 15.5. The van der Waals surface area contributed by atoms with Crippen molar-refractivity contribution in [3.8, 4) is 0 Å². The van der Waals surface area contributed by atoms with Crippen LogP contribution in [-0.4, -0.2) is 45.8 Å². The Labute approximate surface area is 150 Å². The van der Waals surface area contributed by atoms with Crippen LogP contribution in [0.2, 0.25) is 25.7 Å². The van der Waals surface area contributed by atoms with Crippen molar-refractivity contribution in [2.75, 3.05) is 19.8 Å². The molecule has 0 aromatic rings. The average molecular weight is 371 g/mol. The highest BCUT2D eigenvalue weighted by molar-refractivity contribution is 6.76. The third kappa shape index (κ3) is 5.17. The van der Waals surface area contributed by atoms with Gasteiger partial charge < -0.3 is 14.2 Å². The zero-order valence-electron chi connectivity index (χ0n) is 16.1. The number of allylic oxidation sites excluding steroid dienone is 1. The molecule has 2 atom stereocenters. The van der Waals surface area contributed by atoms with E-state index in [0.29, 0.717) is 6.61 Å². The minimum atomic E-state index is -1.55. The molecule has 0 unspecified atom stereocenters. The van der Waals surface area contributed by atoms with Crippen LogP contribution in [0.3, 0.4) is 0 Å². The van der Waals surface area contributed by atoms with Gasteiger partial charge in [-0.3, -0.25) is 14.4 Å². The largest absolute Gasteiger partial charge is 0.466 e. The first kappa shape index (κ1) is 21.4. The Morgan fingerprint density at radius 2 is 1.48 bits per heavy atom. The van der Waals surface area contributed by atoms with E-state index in [4.69, 9.17) is 14.2 Å². The van der Waals surface area contributed by atoms with Gasteiger partial charge in [-0.05, 0) is 26.8 Å². The van der Waals surface area contributed by atoms with E-state index in [2.05, 4.69) is 19.6 Å². The van der Waals surface area contributed by atoms with Crippen molar-refractivity contribution in [1.29, 1.82) is 0 Å². The summed E-state index contributed by atoms with van der Waals surface area (Å²) in [4.78, 5) is 37.2. The number of esters is 3. The van der Waals surface area contributed by atoms with Gasteiger partial charge in [-0.15, -0.1) is 0 Å². The normalized spacial score (nSPS) is 19.8. The van der Waals surface area contributed by atoms with Crippen LogP contribution < -0.4 is 0 Å². The van der Waals surface area contributed by atoms with Gasteiger partial charge in [0.2, 0.25) is 0 Å². The Kier molecular flexibility index (Phi) is 7.40. The average Bonchev–Trinajstić information content (AvgIpc) is 2.44. The maximum Gasteiger partial charge on any atom is 0.323 e. The number of carbonyl (C=O) groups is 3. The summed E-state index contributed by atoms with van der Waals surface area (Å²) in [5.41, 5.74) is -1.55. The summed E-state index contributed by atoms with van der Waals surface area (Å²) in [6, 6.07) is 0.868. The Balaban J connectivity index is 2.86. The van der Waals surface area contributed by atoms with Crippen LogP contribution in [0.1, 0.15) is 20.8 Å². The van der Waals surface area contributed by atoms with Crippen LogP contribution in [0.4, 0.5) is 0 Å². The smallest absolute Gasteiger partial charge is 0.323 e. The summed E-state index contributed by atoms with van der Waals surface area (Å²) in [5, 5.41) is 0. The fourth-order valence-electron chi connectivity index (χ4n) is 2.58. The Bertz CT molecular complexity index is 516. The molecule has 1 aliphatic carbocycles. The predicted molar refractivity (Wildman–Crippen MR) is 96.6 cm³/mol. The highest BCUT2D eigenvalue weighted by atomic mass is 28.3. The Morgan fingerprint density at radius 3 is 1.84 bits per heavy atom. The second-order valence-corrected chi connectivity index (χ2v) is 13.2. The second kappa shape index (κ2) is 8.65. The van der Waals surface area contributed by atoms with Gasteiger partial charge in [0.25, 0.3) is 0 Å². The van der Waals surface area contributed by atoms with Crippen molar-refractivity contribution >= 4 is 26.0 Å². The lowest BCUT2D eigenvalue weighted by Crippen LogP contribution is -2.51. The molecule has 0 saturated heterocycles. The highest BCUT2D eigenvalue weighted by Gasteiger charge is 2.56. The number of carbonyl (C=O) groups excluding carboxylic acids is 3. The number of hydrogen-bond acceptors (Lipinski definition) is 6. The molecule has 0 N–H and O–H groups in total. The lowest BCUT2D eigenvalue weighted by molar-refractivity contribution is -0.176. The van der Waals surface area contributed by atoms with Crippen molar-refractivity contribution in [3.05, 3.63) is 12.2 Å². The van der Waals surface area contributed by atoms with Gasteiger partial charge in [-0.1, -0.05) is 31.8 Å². The van der Waals surface area contributed by atoms with Crippen LogP contribution in [0.15, 0.2) is 12.2 Å². The van der Waals surface area contributed by atoms with Crippen molar-refractivity contribution in [3.63, 3.8) is 0 Å². The zero-order valence-corrected chi connectivity index (χ0v) is 17.1. The minimum Gasteiger partial charge on any atom is -0.466 e. The molecular formula is C18H30O6Si. The maximum atomic E-state index is 12.4. The molecule has 0 aliphatic heterocycles. The predicted octanol–water partition coefficient (Wildman–Crippen LogP) is 2.80. The monoisotopic (exact) mass is 370 g/mol. The SMILES string of the molecule is CCOC(=O)C(C)(C(=O)OCC)[C@@H]1C=C[C@@H]1C(=O)OCC[Si](C)(C)C. The van der Waals surface area contributed by atoms with Gasteiger partial charge in [0.1, 0.15) is 0 Å². The molecule has 142 valence electrons. The fraction of sp³-hybridized carbons (Fsp3) is 0.722. The number of hydrogen-bond donors (Lipinski definition) is 0.